The number of ether oxygens (including phenoxy) is 2. The summed E-state index contributed by atoms with van der Waals surface area (Å²) in [5.74, 6) is 0.247. The molecule has 6 nitrogen and oxygen atoms in total. The van der Waals surface area contributed by atoms with Gasteiger partial charge in [-0.15, -0.1) is 0 Å². The van der Waals surface area contributed by atoms with Crippen LogP contribution in [0, 0.1) is 0 Å². The van der Waals surface area contributed by atoms with Crippen LogP contribution in [-0.2, 0) is 4.74 Å². The fourth-order valence-corrected chi connectivity index (χ4v) is 1.21. The highest BCUT2D eigenvalue weighted by molar-refractivity contribution is 5.70. The third-order valence-electron chi connectivity index (χ3n) is 2.02. The second-order valence-electron chi connectivity index (χ2n) is 3.23. The number of carbonyl (C=O) groups excluding carboxylic acids is 1. The van der Waals surface area contributed by atoms with Crippen molar-refractivity contribution in [3.05, 3.63) is 29.8 Å². The minimum Gasteiger partial charge on any atom is -0.410 e. The lowest BCUT2D eigenvalue weighted by Crippen LogP contribution is -2.31. The Morgan fingerprint density at radius 1 is 1.53 bits per heavy atom. The third kappa shape index (κ3) is 4.03. The van der Waals surface area contributed by atoms with Gasteiger partial charge in [-0.25, -0.2) is 4.79 Å². The van der Waals surface area contributed by atoms with Crippen LogP contribution in [0.1, 0.15) is 11.9 Å². The maximum atomic E-state index is 11.3. The number of amides is 1. The maximum Gasteiger partial charge on any atom is 0.412 e. The predicted molar refractivity (Wildman–Crippen MR) is 61.5 cm³/mol. The fourth-order valence-electron chi connectivity index (χ4n) is 1.21. The van der Waals surface area contributed by atoms with E-state index in [1.807, 2.05) is 0 Å². The van der Waals surface area contributed by atoms with Gasteiger partial charge in [0.25, 0.3) is 0 Å². The first-order valence-electron chi connectivity index (χ1n) is 5.14. The van der Waals surface area contributed by atoms with Gasteiger partial charge in [0.1, 0.15) is 5.75 Å². The van der Waals surface area contributed by atoms with Crippen molar-refractivity contribution >= 4 is 6.09 Å². The van der Waals surface area contributed by atoms with E-state index < -0.39 is 12.4 Å². The number of para-hydroxylation sites is 1. The molecule has 1 aromatic carbocycles. The number of carbonyl (C=O) groups is 1. The van der Waals surface area contributed by atoms with Crippen LogP contribution in [0.5, 0.6) is 5.75 Å². The zero-order chi connectivity index (χ0) is 12.7. The van der Waals surface area contributed by atoms with Crippen molar-refractivity contribution in [3.8, 4) is 5.75 Å². The molecule has 1 rings (SSSR count). The molecule has 0 heterocycles. The zero-order valence-corrected chi connectivity index (χ0v) is 9.55. The second-order valence-corrected chi connectivity index (χ2v) is 3.23. The molecule has 0 saturated carbocycles. The molecule has 6 heteroatoms. The minimum absolute atomic E-state index is 0.247. The van der Waals surface area contributed by atoms with Crippen LogP contribution in [0.4, 0.5) is 4.79 Å². The Labute approximate surface area is 99.3 Å². The number of benzene rings is 1. The summed E-state index contributed by atoms with van der Waals surface area (Å²) in [6.07, 6.45) is -1.75. The smallest absolute Gasteiger partial charge is 0.410 e. The van der Waals surface area contributed by atoms with E-state index in [9.17, 15) is 9.90 Å². The second kappa shape index (κ2) is 6.85. The molecule has 1 unspecified atom stereocenters. The van der Waals surface area contributed by atoms with Crippen LogP contribution in [-0.4, -0.2) is 31.4 Å². The molecule has 1 atom stereocenters. The highest BCUT2D eigenvalue weighted by atomic mass is 16.6. The SMILES string of the molecule is COC(O)c1ccccc1OC(=O)NCCN. The van der Waals surface area contributed by atoms with Gasteiger partial charge in [0.15, 0.2) is 6.29 Å². The predicted octanol–water partition coefficient (Wildman–Crippen LogP) is 0.371. The summed E-state index contributed by atoms with van der Waals surface area (Å²) in [5, 5.41) is 12.0. The van der Waals surface area contributed by atoms with Gasteiger partial charge in [0.2, 0.25) is 0 Å². The Hall–Kier alpha value is -1.63. The van der Waals surface area contributed by atoms with E-state index in [1.165, 1.54) is 7.11 Å². The third-order valence-corrected chi connectivity index (χ3v) is 2.02. The van der Waals surface area contributed by atoms with Crippen LogP contribution >= 0.6 is 0 Å². The highest BCUT2D eigenvalue weighted by Crippen LogP contribution is 2.25. The molecule has 0 bridgehead atoms. The molecule has 94 valence electrons. The average Bonchev–Trinajstić information content (AvgIpc) is 2.36. The van der Waals surface area contributed by atoms with Gasteiger partial charge in [0.05, 0.1) is 5.56 Å². The van der Waals surface area contributed by atoms with Crippen molar-refractivity contribution in [1.82, 2.24) is 5.32 Å². The highest BCUT2D eigenvalue weighted by Gasteiger charge is 2.14. The topological polar surface area (TPSA) is 93.8 Å². The molecule has 0 fully saturated rings. The van der Waals surface area contributed by atoms with Crippen LogP contribution < -0.4 is 15.8 Å². The summed E-state index contributed by atoms with van der Waals surface area (Å²) in [6, 6.07) is 6.58. The number of nitrogens with one attached hydrogen (secondary N) is 1. The standard InChI is InChI=1S/C11H16N2O4/c1-16-10(14)8-4-2-3-5-9(8)17-11(15)13-7-6-12/h2-5,10,14H,6-7,12H2,1H3,(H,13,15). The molecule has 0 aliphatic rings. The summed E-state index contributed by atoms with van der Waals surface area (Å²) in [6.45, 7) is 0.658. The molecule has 1 amide bonds. The van der Waals surface area contributed by atoms with Crippen LogP contribution in [0.3, 0.4) is 0 Å². The Morgan fingerprint density at radius 2 is 2.24 bits per heavy atom. The molecule has 1 aromatic rings. The van der Waals surface area contributed by atoms with E-state index in [4.69, 9.17) is 15.2 Å². The fraction of sp³-hybridized carbons (Fsp3) is 0.364. The van der Waals surface area contributed by atoms with Crippen molar-refractivity contribution < 1.29 is 19.4 Å². The Kier molecular flexibility index (Phi) is 5.41. The van der Waals surface area contributed by atoms with E-state index in [2.05, 4.69) is 5.32 Å². The van der Waals surface area contributed by atoms with E-state index in [0.717, 1.165) is 0 Å². The average molecular weight is 240 g/mol. The monoisotopic (exact) mass is 240 g/mol. The quantitative estimate of drug-likeness (QED) is 0.646. The molecule has 17 heavy (non-hydrogen) atoms. The number of hydrogen-bond acceptors (Lipinski definition) is 5. The number of methoxy groups -OCH3 is 1. The molecule has 0 aliphatic heterocycles. The number of rotatable bonds is 5. The summed E-state index contributed by atoms with van der Waals surface area (Å²) in [7, 11) is 1.36. The number of aliphatic hydroxyl groups is 1. The van der Waals surface area contributed by atoms with Crippen LogP contribution in [0.15, 0.2) is 24.3 Å². The normalized spacial score (nSPS) is 11.9. The van der Waals surface area contributed by atoms with E-state index in [-0.39, 0.29) is 5.75 Å². The van der Waals surface area contributed by atoms with E-state index in [1.54, 1.807) is 24.3 Å². The molecule has 0 aromatic heterocycles. The summed E-state index contributed by atoms with van der Waals surface area (Å²) in [4.78, 5) is 11.3. The lowest BCUT2D eigenvalue weighted by Gasteiger charge is -2.13. The molecule has 0 radical (unpaired) electrons. The van der Waals surface area contributed by atoms with Gasteiger partial charge in [-0.2, -0.15) is 0 Å². The molecule has 0 aliphatic carbocycles. The maximum absolute atomic E-state index is 11.3. The lowest BCUT2D eigenvalue weighted by atomic mass is 10.2. The zero-order valence-electron chi connectivity index (χ0n) is 9.55. The largest absolute Gasteiger partial charge is 0.412 e. The van der Waals surface area contributed by atoms with Gasteiger partial charge in [0, 0.05) is 20.2 Å². The minimum atomic E-state index is -1.13. The van der Waals surface area contributed by atoms with Crippen molar-refractivity contribution in [1.29, 1.82) is 0 Å². The Morgan fingerprint density at radius 3 is 2.88 bits per heavy atom. The summed E-state index contributed by atoms with van der Waals surface area (Å²) in [5.41, 5.74) is 5.63. The van der Waals surface area contributed by atoms with Gasteiger partial charge in [-0.1, -0.05) is 18.2 Å². The molecule has 0 spiro atoms. The lowest BCUT2D eigenvalue weighted by molar-refractivity contribution is -0.0778. The Balaban J connectivity index is 2.73. The first-order chi connectivity index (χ1) is 8.19. The van der Waals surface area contributed by atoms with Gasteiger partial charge in [-0.3, -0.25) is 0 Å². The number of nitrogens with two attached hydrogens (primary N) is 1. The van der Waals surface area contributed by atoms with E-state index in [0.29, 0.717) is 18.7 Å². The van der Waals surface area contributed by atoms with Crippen molar-refractivity contribution in [2.75, 3.05) is 20.2 Å². The van der Waals surface area contributed by atoms with E-state index >= 15 is 0 Å². The van der Waals surface area contributed by atoms with Crippen molar-refractivity contribution in [3.63, 3.8) is 0 Å². The number of aliphatic hydroxyl groups excluding tert-OH is 1. The molecule has 0 saturated heterocycles. The Bertz CT molecular complexity index is 370. The van der Waals surface area contributed by atoms with Crippen LogP contribution in [0.25, 0.3) is 0 Å². The van der Waals surface area contributed by atoms with Gasteiger partial charge in [-0.05, 0) is 6.07 Å². The van der Waals surface area contributed by atoms with Crippen molar-refractivity contribution in [2.45, 2.75) is 6.29 Å². The molecule has 4 N–H and O–H groups in total. The first-order valence-corrected chi connectivity index (χ1v) is 5.14. The summed E-state index contributed by atoms with van der Waals surface area (Å²) < 4.78 is 9.79. The first kappa shape index (κ1) is 13.4. The van der Waals surface area contributed by atoms with Gasteiger partial charge < -0.3 is 25.6 Å². The number of hydrogen-bond donors (Lipinski definition) is 3. The van der Waals surface area contributed by atoms with Gasteiger partial charge >= 0.3 is 6.09 Å². The molecular weight excluding hydrogens is 224 g/mol. The summed E-state index contributed by atoms with van der Waals surface area (Å²) >= 11 is 0. The van der Waals surface area contributed by atoms with Crippen LogP contribution in [0.2, 0.25) is 0 Å². The molecular formula is C11H16N2O4. The van der Waals surface area contributed by atoms with Crippen molar-refractivity contribution in [2.24, 2.45) is 5.73 Å².